The van der Waals surface area contributed by atoms with Crippen LogP contribution in [0.25, 0.3) is 0 Å². The van der Waals surface area contributed by atoms with Gasteiger partial charge in [-0.1, -0.05) is 48.9 Å². The first-order valence-corrected chi connectivity index (χ1v) is 6.49. The molecule has 0 saturated carbocycles. The number of para-hydroxylation sites is 2. The molecular formula is C15H15ClN2O. The monoisotopic (exact) mass is 274 g/mol. The van der Waals surface area contributed by atoms with Gasteiger partial charge in [-0.3, -0.25) is 0 Å². The second-order valence-electron chi connectivity index (χ2n) is 4.07. The van der Waals surface area contributed by atoms with Crippen molar-refractivity contribution in [3.8, 4) is 0 Å². The molecule has 0 aromatic heterocycles. The number of hydrogen-bond acceptors (Lipinski definition) is 1. The van der Waals surface area contributed by atoms with Crippen molar-refractivity contribution in [3.05, 3.63) is 59.1 Å². The van der Waals surface area contributed by atoms with Gasteiger partial charge in [0.1, 0.15) is 0 Å². The largest absolute Gasteiger partial charge is 0.323 e. The van der Waals surface area contributed by atoms with Crippen LogP contribution in [0.15, 0.2) is 48.5 Å². The predicted octanol–water partition coefficient (Wildman–Crippen LogP) is 4.55. The highest BCUT2D eigenvalue weighted by Gasteiger charge is 2.07. The van der Waals surface area contributed by atoms with Crippen molar-refractivity contribution in [1.29, 1.82) is 0 Å². The summed E-state index contributed by atoms with van der Waals surface area (Å²) in [5, 5.41) is 6.07. The lowest BCUT2D eigenvalue weighted by atomic mass is 10.1. The number of urea groups is 1. The highest BCUT2D eigenvalue weighted by molar-refractivity contribution is 6.33. The lowest BCUT2D eigenvalue weighted by Gasteiger charge is -2.11. The lowest BCUT2D eigenvalue weighted by Crippen LogP contribution is -2.20. The summed E-state index contributed by atoms with van der Waals surface area (Å²) in [5.74, 6) is 0. The Hall–Kier alpha value is -2.00. The Balaban J connectivity index is 2.08. The average molecular weight is 275 g/mol. The minimum atomic E-state index is -0.297. The Morgan fingerprint density at radius 2 is 1.58 bits per heavy atom. The van der Waals surface area contributed by atoms with Gasteiger partial charge in [0.05, 0.1) is 10.7 Å². The van der Waals surface area contributed by atoms with Crippen LogP contribution >= 0.6 is 11.6 Å². The molecule has 0 aliphatic rings. The SMILES string of the molecule is CCc1ccccc1NC(=O)Nc1ccccc1Cl. The quantitative estimate of drug-likeness (QED) is 0.847. The molecule has 19 heavy (non-hydrogen) atoms. The van der Waals surface area contributed by atoms with Crippen LogP contribution in [0.3, 0.4) is 0 Å². The maximum Gasteiger partial charge on any atom is 0.323 e. The first-order valence-electron chi connectivity index (χ1n) is 6.11. The summed E-state index contributed by atoms with van der Waals surface area (Å²) in [6.45, 7) is 2.05. The average Bonchev–Trinajstić information content (AvgIpc) is 2.42. The standard InChI is InChI=1S/C15H15ClN2O/c1-2-11-7-3-5-9-13(11)17-15(19)18-14-10-6-4-8-12(14)16/h3-10H,2H2,1H3,(H2,17,18,19). The molecule has 0 fully saturated rings. The van der Waals surface area contributed by atoms with Gasteiger partial charge in [0, 0.05) is 5.69 Å². The van der Waals surface area contributed by atoms with Crippen molar-refractivity contribution in [2.24, 2.45) is 0 Å². The first kappa shape index (κ1) is 13.4. The van der Waals surface area contributed by atoms with Crippen molar-refractivity contribution >= 4 is 29.0 Å². The van der Waals surface area contributed by atoms with Crippen molar-refractivity contribution in [1.82, 2.24) is 0 Å². The van der Waals surface area contributed by atoms with Crippen LogP contribution in [0.1, 0.15) is 12.5 Å². The number of halogens is 1. The maximum atomic E-state index is 11.9. The van der Waals surface area contributed by atoms with E-state index in [2.05, 4.69) is 10.6 Å². The highest BCUT2D eigenvalue weighted by Crippen LogP contribution is 2.21. The fraction of sp³-hybridized carbons (Fsp3) is 0.133. The molecule has 4 heteroatoms. The Kier molecular flexibility index (Phi) is 4.42. The van der Waals surface area contributed by atoms with Gasteiger partial charge in [0.15, 0.2) is 0 Å². The Labute approximate surface area is 117 Å². The Morgan fingerprint density at radius 1 is 1.00 bits per heavy atom. The van der Waals surface area contributed by atoms with Gasteiger partial charge in [-0.2, -0.15) is 0 Å². The normalized spacial score (nSPS) is 10.0. The predicted molar refractivity (Wildman–Crippen MR) is 79.9 cm³/mol. The number of rotatable bonds is 3. The van der Waals surface area contributed by atoms with E-state index in [1.807, 2.05) is 43.3 Å². The number of hydrogen-bond donors (Lipinski definition) is 2. The number of aryl methyl sites for hydroxylation is 1. The van der Waals surface area contributed by atoms with Gasteiger partial charge in [-0.25, -0.2) is 4.79 Å². The molecule has 0 aliphatic carbocycles. The minimum Gasteiger partial charge on any atom is -0.307 e. The zero-order valence-corrected chi connectivity index (χ0v) is 11.4. The molecular weight excluding hydrogens is 260 g/mol. The van der Waals surface area contributed by atoms with E-state index in [0.717, 1.165) is 17.7 Å². The lowest BCUT2D eigenvalue weighted by molar-refractivity contribution is 0.262. The molecule has 0 bridgehead atoms. The van der Waals surface area contributed by atoms with Crippen LogP contribution < -0.4 is 10.6 Å². The molecule has 0 spiro atoms. The Bertz CT molecular complexity index is 584. The van der Waals surface area contributed by atoms with Crippen LogP contribution in [0.2, 0.25) is 5.02 Å². The summed E-state index contributed by atoms with van der Waals surface area (Å²) < 4.78 is 0. The highest BCUT2D eigenvalue weighted by atomic mass is 35.5. The van der Waals surface area contributed by atoms with E-state index in [9.17, 15) is 4.79 Å². The van der Waals surface area contributed by atoms with E-state index in [1.54, 1.807) is 12.1 Å². The van der Waals surface area contributed by atoms with E-state index in [-0.39, 0.29) is 6.03 Å². The van der Waals surface area contributed by atoms with Crippen LogP contribution in [-0.2, 0) is 6.42 Å². The molecule has 2 amide bonds. The molecule has 2 N–H and O–H groups in total. The number of anilines is 2. The third-order valence-corrected chi connectivity index (χ3v) is 3.10. The molecule has 98 valence electrons. The van der Waals surface area contributed by atoms with E-state index >= 15 is 0 Å². The van der Waals surface area contributed by atoms with Crippen molar-refractivity contribution in [2.75, 3.05) is 10.6 Å². The third-order valence-electron chi connectivity index (χ3n) is 2.77. The number of nitrogens with one attached hydrogen (secondary N) is 2. The van der Waals surface area contributed by atoms with Gasteiger partial charge in [-0.15, -0.1) is 0 Å². The molecule has 0 aliphatic heterocycles. The second kappa shape index (κ2) is 6.25. The summed E-state index contributed by atoms with van der Waals surface area (Å²) >= 11 is 5.99. The van der Waals surface area contributed by atoms with Crippen molar-refractivity contribution in [2.45, 2.75) is 13.3 Å². The van der Waals surface area contributed by atoms with E-state index < -0.39 is 0 Å². The summed E-state index contributed by atoms with van der Waals surface area (Å²) in [7, 11) is 0. The zero-order chi connectivity index (χ0) is 13.7. The van der Waals surface area contributed by atoms with E-state index in [0.29, 0.717) is 10.7 Å². The fourth-order valence-corrected chi connectivity index (χ4v) is 1.97. The van der Waals surface area contributed by atoms with E-state index in [4.69, 9.17) is 11.6 Å². The number of carbonyl (C=O) groups is 1. The van der Waals surface area contributed by atoms with Gasteiger partial charge in [-0.05, 0) is 30.2 Å². The topological polar surface area (TPSA) is 41.1 Å². The van der Waals surface area contributed by atoms with Crippen LogP contribution in [0.5, 0.6) is 0 Å². The molecule has 0 atom stereocenters. The molecule has 0 saturated heterocycles. The van der Waals surface area contributed by atoms with Gasteiger partial charge >= 0.3 is 6.03 Å². The Morgan fingerprint density at radius 3 is 2.26 bits per heavy atom. The third kappa shape index (κ3) is 3.48. The summed E-state index contributed by atoms with van der Waals surface area (Å²) in [5.41, 5.74) is 2.50. The molecule has 0 radical (unpaired) electrons. The van der Waals surface area contributed by atoms with Crippen molar-refractivity contribution in [3.63, 3.8) is 0 Å². The fourth-order valence-electron chi connectivity index (χ4n) is 1.79. The number of amides is 2. The van der Waals surface area contributed by atoms with Crippen LogP contribution in [0.4, 0.5) is 16.2 Å². The number of benzene rings is 2. The van der Waals surface area contributed by atoms with Gasteiger partial charge in [0.25, 0.3) is 0 Å². The molecule has 2 rings (SSSR count). The number of carbonyl (C=O) groups excluding carboxylic acids is 1. The molecule has 3 nitrogen and oxygen atoms in total. The summed E-state index contributed by atoms with van der Waals surface area (Å²) in [6, 6.07) is 14.6. The van der Waals surface area contributed by atoms with Crippen molar-refractivity contribution < 1.29 is 4.79 Å². The summed E-state index contributed by atoms with van der Waals surface area (Å²) in [6.07, 6.45) is 0.864. The maximum absolute atomic E-state index is 11.9. The summed E-state index contributed by atoms with van der Waals surface area (Å²) in [4.78, 5) is 11.9. The first-order chi connectivity index (χ1) is 9.20. The minimum absolute atomic E-state index is 0.297. The second-order valence-corrected chi connectivity index (χ2v) is 4.48. The zero-order valence-electron chi connectivity index (χ0n) is 10.6. The van der Waals surface area contributed by atoms with Gasteiger partial charge < -0.3 is 10.6 Å². The smallest absolute Gasteiger partial charge is 0.307 e. The molecule has 0 heterocycles. The van der Waals surface area contributed by atoms with Crippen LogP contribution in [-0.4, -0.2) is 6.03 Å². The van der Waals surface area contributed by atoms with Crippen LogP contribution in [0, 0.1) is 0 Å². The molecule has 2 aromatic rings. The molecule has 0 unspecified atom stereocenters. The van der Waals surface area contributed by atoms with Gasteiger partial charge in [0.2, 0.25) is 0 Å². The van der Waals surface area contributed by atoms with E-state index in [1.165, 1.54) is 0 Å². The molecule has 2 aromatic carbocycles.